The average molecular weight is 530 g/mol. The molecule has 1 saturated heterocycles. The van der Waals surface area contributed by atoms with Crippen LogP contribution in [0.3, 0.4) is 0 Å². The average Bonchev–Trinajstić information content (AvgIpc) is 3.58. The van der Waals surface area contributed by atoms with Crippen LogP contribution in [0.1, 0.15) is 66.6 Å². The summed E-state index contributed by atoms with van der Waals surface area (Å²) in [5, 5.41) is 42.1. The molecule has 0 unspecified atom stereocenters. The summed E-state index contributed by atoms with van der Waals surface area (Å²) in [6.07, 6.45) is 7.88. The van der Waals surface area contributed by atoms with E-state index in [1.807, 2.05) is 0 Å². The number of aliphatic hydroxyl groups is 2. The lowest BCUT2D eigenvalue weighted by atomic mass is 9.63. The van der Waals surface area contributed by atoms with Gasteiger partial charge in [-0.3, -0.25) is 19.9 Å². The number of carbonyl (C=O) groups is 2. The summed E-state index contributed by atoms with van der Waals surface area (Å²) in [4.78, 5) is 32.6. The zero-order valence-corrected chi connectivity index (χ0v) is 21.5. The van der Waals surface area contributed by atoms with E-state index in [1.165, 1.54) is 12.4 Å². The van der Waals surface area contributed by atoms with Gasteiger partial charge in [-0.2, -0.15) is 10.4 Å². The van der Waals surface area contributed by atoms with Gasteiger partial charge in [-0.15, -0.1) is 0 Å². The second-order valence-corrected chi connectivity index (χ2v) is 11.2. The predicted octanol–water partition coefficient (Wildman–Crippen LogP) is 1.20. The normalized spacial score (nSPS) is 28.8. The van der Waals surface area contributed by atoms with Crippen LogP contribution in [0.15, 0.2) is 48.9 Å². The molecule has 0 spiro atoms. The van der Waals surface area contributed by atoms with Crippen LogP contribution in [0.4, 0.5) is 0 Å². The number of fused-ring (bicyclic) bond motifs is 4. The van der Waals surface area contributed by atoms with Crippen molar-refractivity contribution in [2.24, 2.45) is 0 Å². The second kappa shape index (κ2) is 9.41. The Balaban J connectivity index is 1.24. The molecule has 4 heterocycles. The van der Waals surface area contributed by atoms with E-state index in [-0.39, 0.29) is 18.0 Å². The van der Waals surface area contributed by atoms with E-state index in [9.17, 15) is 25.1 Å². The maximum absolute atomic E-state index is 13.9. The summed E-state index contributed by atoms with van der Waals surface area (Å²) in [6.45, 7) is 0.333. The van der Waals surface area contributed by atoms with Crippen molar-refractivity contribution in [1.82, 2.24) is 30.1 Å². The molecule has 7 rings (SSSR count). The molecule has 3 aromatic rings. The summed E-state index contributed by atoms with van der Waals surface area (Å²) in [5.74, 6) is -0.748. The van der Waals surface area contributed by atoms with Crippen molar-refractivity contribution in [3.05, 3.63) is 65.7 Å². The topological polar surface area (TPSA) is 156 Å². The number of hydrogen-bond donors (Lipinski definition) is 4. The number of nitrogens with one attached hydrogen (secondary N) is 2. The smallest absolute Gasteiger partial charge is 0.260 e. The minimum Gasteiger partial charge on any atom is -0.390 e. The van der Waals surface area contributed by atoms with E-state index in [1.54, 1.807) is 45.9 Å². The summed E-state index contributed by atoms with van der Waals surface area (Å²) in [7, 11) is 0. The third-order valence-electron chi connectivity index (χ3n) is 8.77. The third-order valence-corrected chi connectivity index (χ3v) is 8.77. The monoisotopic (exact) mass is 529 g/mol. The number of rotatable bonds is 6. The predicted molar refractivity (Wildman–Crippen MR) is 139 cm³/mol. The van der Waals surface area contributed by atoms with Crippen LogP contribution in [0.2, 0.25) is 0 Å². The number of likely N-dealkylation sites (tertiary alicyclic amines) is 1. The Morgan fingerprint density at radius 2 is 1.82 bits per heavy atom. The highest BCUT2D eigenvalue weighted by Crippen LogP contribution is 2.47. The quantitative estimate of drug-likeness (QED) is 0.347. The second-order valence-electron chi connectivity index (χ2n) is 11.2. The summed E-state index contributed by atoms with van der Waals surface area (Å²) >= 11 is 0. The molecule has 4 fully saturated rings. The van der Waals surface area contributed by atoms with Crippen LogP contribution in [-0.4, -0.2) is 71.9 Å². The van der Waals surface area contributed by atoms with Crippen molar-refractivity contribution < 1.29 is 19.8 Å². The van der Waals surface area contributed by atoms with Crippen LogP contribution in [0.5, 0.6) is 0 Å². The first kappa shape index (κ1) is 25.4. The third kappa shape index (κ3) is 4.65. The van der Waals surface area contributed by atoms with Gasteiger partial charge in [-0.1, -0.05) is 0 Å². The van der Waals surface area contributed by atoms with E-state index in [2.05, 4.69) is 26.8 Å². The first-order valence-electron chi connectivity index (χ1n) is 13.3. The summed E-state index contributed by atoms with van der Waals surface area (Å²) < 4.78 is 1.60. The molecular formula is C28H31N7O4. The molecule has 0 aromatic carbocycles. The van der Waals surface area contributed by atoms with Crippen LogP contribution in [0, 0.1) is 11.3 Å². The van der Waals surface area contributed by atoms with Gasteiger partial charge in [0, 0.05) is 30.9 Å². The molecule has 3 aliphatic carbocycles. The zero-order valence-electron chi connectivity index (χ0n) is 21.5. The fraction of sp³-hybridized carbons (Fsp3) is 0.464. The minimum absolute atomic E-state index is 0.0350. The first-order chi connectivity index (χ1) is 18.7. The van der Waals surface area contributed by atoms with Crippen LogP contribution < -0.4 is 10.6 Å². The van der Waals surface area contributed by atoms with E-state index in [0.29, 0.717) is 73.8 Å². The lowest BCUT2D eigenvalue weighted by molar-refractivity contribution is -0.136. The molecule has 39 heavy (non-hydrogen) atoms. The largest absolute Gasteiger partial charge is 0.390 e. The lowest BCUT2D eigenvalue weighted by Crippen LogP contribution is -2.66. The zero-order chi connectivity index (χ0) is 27.3. The first-order valence-corrected chi connectivity index (χ1v) is 13.3. The number of β-amino-alcohol motifs (C(OH)–C–C–N with tert-alkyl or cyclic N) is 1. The highest BCUT2D eigenvalue weighted by atomic mass is 16.3. The Hall–Kier alpha value is -3.85. The van der Waals surface area contributed by atoms with Crippen molar-refractivity contribution in [3.8, 4) is 6.07 Å². The Morgan fingerprint density at radius 3 is 2.51 bits per heavy atom. The van der Waals surface area contributed by atoms with Crippen LogP contribution in [0.25, 0.3) is 5.52 Å². The van der Waals surface area contributed by atoms with Crippen molar-refractivity contribution in [2.75, 3.05) is 13.1 Å². The number of aromatic nitrogens is 3. The van der Waals surface area contributed by atoms with Gasteiger partial charge in [0.2, 0.25) is 0 Å². The number of pyridine rings is 1. The number of amides is 2. The number of nitrogens with zero attached hydrogens (tertiary/aromatic N) is 5. The van der Waals surface area contributed by atoms with Gasteiger partial charge in [-0.25, -0.2) is 4.52 Å². The molecule has 0 radical (unpaired) electrons. The van der Waals surface area contributed by atoms with Crippen molar-refractivity contribution in [3.63, 3.8) is 0 Å². The molecule has 11 heteroatoms. The summed E-state index contributed by atoms with van der Waals surface area (Å²) in [5.41, 5.74) is -0.345. The molecule has 2 atom stereocenters. The minimum atomic E-state index is -1.34. The fourth-order valence-corrected chi connectivity index (χ4v) is 6.35. The molecule has 3 saturated carbocycles. The van der Waals surface area contributed by atoms with E-state index in [4.69, 9.17) is 0 Å². The van der Waals surface area contributed by atoms with E-state index in [0.717, 1.165) is 0 Å². The highest BCUT2D eigenvalue weighted by molar-refractivity contribution is 5.97. The highest BCUT2D eigenvalue weighted by Gasteiger charge is 2.50. The SMILES string of the molecule is N#Cc1cnn2c([C@@]3(O)CCN(C(=O)[C@@H](NC(=O)c4cccnc4)NC45CCC(O)(CC4)CC5)C3)ccc2c1. The Kier molecular flexibility index (Phi) is 6.14. The van der Waals surface area contributed by atoms with Gasteiger partial charge in [0.15, 0.2) is 6.17 Å². The Morgan fingerprint density at radius 1 is 1.05 bits per heavy atom. The molecule has 3 aromatic heterocycles. The van der Waals surface area contributed by atoms with Gasteiger partial charge in [0.05, 0.1) is 40.7 Å². The van der Waals surface area contributed by atoms with E-state index < -0.39 is 23.3 Å². The van der Waals surface area contributed by atoms with Gasteiger partial charge >= 0.3 is 0 Å². The number of hydrogen-bond acceptors (Lipinski definition) is 8. The number of carbonyl (C=O) groups excluding carboxylic acids is 2. The Bertz CT molecular complexity index is 1440. The van der Waals surface area contributed by atoms with Crippen molar-refractivity contribution in [2.45, 2.75) is 67.9 Å². The van der Waals surface area contributed by atoms with Gasteiger partial charge in [0.1, 0.15) is 11.7 Å². The molecular weight excluding hydrogens is 498 g/mol. The maximum atomic E-state index is 13.9. The molecule has 202 valence electrons. The van der Waals surface area contributed by atoms with Crippen LogP contribution >= 0.6 is 0 Å². The van der Waals surface area contributed by atoms with Crippen molar-refractivity contribution >= 4 is 17.3 Å². The van der Waals surface area contributed by atoms with Gasteiger partial charge in [0.25, 0.3) is 11.8 Å². The maximum Gasteiger partial charge on any atom is 0.260 e. The molecule has 2 bridgehead atoms. The summed E-state index contributed by atoms with van der Waals surface area (Å²) in [6, 6.07) is 10.6. The molecule has 2 amide bonds. The van der Waals surface area contributed by atoms with E-state index >= 15 is 0 Å². The molecule has 4 N–H and O–H groups in total. The Labute approximate surface area is 225 Å². The van der Waals surface area contributed by atoms with Crippen LogP contribution in [-0.2, 0) is 10.4 Å². The molecule has 4 aliphatic rings. The standard InChI is InChI=1S/C28H31N7O4/c29-15-19-14-21-3-4-22(35(21)31-16-19)28(39)11-13-34(18-28)25(37)23(32-24(36)20-2-1-12-30-17-20)33-26-5-8-27(38,9-6-26)10-7-26/h1-4,12,14,16-17,23,33,38-39H,5-11,13,18H2,(H,32,36)/t23-,26?,27?,28+/m0/s1. The van der Waals surface area contributed by atoms with Crippen molar-refractivity contribution in [1.29, 1.82) is 5.26 Å². The number of nitriles is 1. The van der Waals surface area contributed by atoms with Gasteiger partial charge in [-0.05, 0) is 68.9 Å². The van der Waals surface area contributed by atoms with Gasteiger partial charge < -0.3 is 20.4 Å². The lowest BCUT2D eigenvalue weighted by Gasteiger charge is -2.52. The fourth-order valence-electron chi connectivity index (χ4n) is 6.35. The molecule has 1 aliphatic heterocycles. The molecule has 11 nitrogen and oxygen atoms in total.